The Balaban J connectivity index is 1.77. The van der Waals surface area contributed by atoms with Gasteiger partial charge in [0.05, 0.1) is 18.8 Å². The van der Waals surface area contributed by atoms with Gasteiger partial charge in [0.15, 0.2) is 0 Å². The highest BCUT2D eigenvalue weighted by molar-refractivity contribution is 7.91. The molecule has 0 radical (unpaired) electrons. The molecule has 234 valence electrons. The average molecular weight is 621 g/mol. The number of rotatable bonds is 6. The molecular weight excluding hydrogens is 582 g/mol. The molecule has 1 saturated heterocycles. The summed E-state index contributed by atoms with van der Waals surface area (Å²) in [5.41, 5.74) is 6.33. The van der Waals surface area contributed by atoms with Crippen molar-refractivity contribution in [3.05, 3.63) is 48.4 Å². The van der Waals surface area contributed by atoms with Crippen LogP contribution in [0.25, 0.3) is 17.2 Å². The number of aromatic nitrogens is 2. The lowest BCUT2D eigenvalue weighted by Gasteiger charge is -2.48. The lowest BCUT2D eigenvalue weighted by Crippen LogP contribution is -2.63. The van der Waals surface area contributed by atoms with Crippen molar-refractivity contribution in [2.75, 3.05) is 7.11 Å². The number of hydrogen-bond acceptors (Lipinski definition) is 8. The van der Waals surface area contributed by atoms with Gasteiger partial charge in [-0.05, 0) is 70.2 Å². The minimum Gasteiger partial charge on any atom is -0.481 e. The van der Waals surface area contributed by atoms with Gasteiger partial charge in [0.2, 0.25) is 21.8 Å². The van der Waals surface area contributed by atoms with Crippen molar-refractivity contribution in [3.8, 4) is 17.0 Å². The van der Waals surface area contributed by atoms with Gasteiger partial charge in [0.1, 0.15) is 10.3 Å². The zero-order chi connectivity index (χ0) is 32.0. The molecule has 0 unspecified atom stereocenters. The van der Waals surface area contributed by atoms with Crippen LogP contribution in [0.2, 0.25) is 0 Å². The molecule has 2 aromatic heterocycles. The van der Waals surface area contributed by atoms with E-state index in [2.05, 4.69) is 9.97 Å². The average Bonchev–Trinajstić information content (AvgIpc) is 2.97. The molecule has 4 rings (SSSR count). The SMILES string of the molecule is COc1ncccc1-c1ccc(/C=C/[C@@H]2[C@@H]3C[C@](CC(N)=O)(CC(F)(F)[C@H]2C)S(=O)(=O)N(C(=O)OC(C)(C)C)[C@@H]3C)nc1. The topological polar surface area (TPSA) is 142 Å². The van der Waals surface area contributed by atoms with E-state index in [1.54, 1.807) is 63.5 Å². The molecule has 43 heavy (non-hydrogen) atoms. The van der Waals surface area contributed by atoms with Crippen molar-refractivity contribution in [2.45, 2.75) is 76.2 Å². The molecule has 1 aliphatic heterocycles. The number of nitrogens with zero attached hydrogens (tertiary/aromatic N) is 3. The van der Waals surface area contributed by atoms with Crippen LogP contribution in [-0.2, 0) is 19.6 Å². The summed E-state index contributed by atoms with van der Waals surface area (Å²) in [6.07, 6.45) is 2.96. The van der Waals surface area contributed by atoms with E-state index in [0.29, 0.717) is 15.9 Å². The maximum Gasteiger partial charge on any atom is 0.424 e. The van der Waals surface area contributed by atoms with E-state index in [1.807, 2.05) is 6.07 Å². The fourth-order valence-corrected chi connectivity index (χ4v) is 8.59. The summed E-state index contributed by atoms with van der Waals surface area (Å²) in [6.45, 7) is 7.58. The molecule has 1 aliphatic carbocycles. The number of carbonyl (C=O) groups excluding carboxylic acids is 2. The summed E-state index contributed by atoms with van der Waals surface area (Å²) >= 11 is 0. The predicted octanol–water partition coefficient (Wildman–Crippen LogP) is 5.05. The number of methoxy groups -OCH3 is 1. The monoisotopic (exact) mass is 620 g/mol. The third-order valence-electron chi connectivity index (χ3n) is 8.32. The van der Waals surface area contributed by atoms with E-state index in [1.165, 1.54) is 21.0 Å². The van der Waals surface area contributed by atoms with Crippen LogP contribution in [0.4, 0.5) is 13.6 Å². The van der Waals surface area contributed by atoms with Gasteiger partial charge in [-0.15, -0.1) is 0 Å². The fraction of sp³-hybridized carbons (Fsp3) is 0.533. The number of hydrogen-bond donors (Lipinski definition) is 1. The van der Waals surface area contributed by atoms with Crippen LogP contribution in [0.1, 0.15) is 59.6 Å². The molecule has 2 amide bonds. The fourth-order valence-electron chi connectivity index (χ4n) is 6.24. The summed E-state index contributed by atoms with van der Waals surface area (Å²) < 4.78 is 68.8. The second-order valence-electron chi connectivity index (χ2n) is 12.4. The number of fused-ring (bicyclic) bond motifs is 2. The first-order chi connectivity index (χ1) is 19.9. The Kier molecular flexibility index (Phi) is 8.62. The molecule has 13 heteroatoms. The van der Waals surface area contributed by atoms with E-state index in [4.69, 9.17) is 15.2 Å². The van der Waals surface area contributed by atoms with E-state index in [0.717, 1.165) is 11.1 Å². The van der Waals surface area contributed by atoms with Crippen LogP contribution in [-0.4, -0.2) is 64.1 Å². The van der Waals surface area contributed by atoms with Crippen molar-refractivity contribution in [1.82, 2.24) is 14.3 Å². The van der Waals surface area contributed by atoms with Crippen LogP contribution < -0.4 is 10.5 Å². The Morgan fingerprint density at radius 1 is 1.19 bits per heavy atom. The third kappa shape index (κ3) is 6.22. The summed E-state index contributed by atoms with van der Waals surface area (Å²) in [7, 11) is -3.28. The third-order valence-corrected chi connectivity index (χ3v) is 10.9. The van der Waals surface area contributed by atoms with Gasteiger partial charge in [-0.2, -0.15) is 0 Å². The molecule has 1 saturated carbocycles. The standard InChI is InChI=1S/C30H38F2N4O6S/c1-18-22(12-11-21-10-9-20(16-35-21)23-8-7-13-34-26(23)41-6)24-14-29(15-25(33)37,17-30(18,31)32)43(39,40)36(19(24)2)27(38)42-28(3,4)5/h7-13,16,18-19,22,24H,14-15,17H2,1-6H3,(H2,33,37)/b12-11+/t18-,19+,22-,24+,29-/m0/s1. The number of carbonyl (C=O) groups is 2. The largest absolute Gasteiger partial charge is 0.481 e. The van der Waals surface area contributed by atoms with Crippen LogP contribution in [0.5, 0.6) is 5.88 Å². The number of amides is 2. The Morgan fingerprint density at radius 2 is 1.88 bits per heavy atom. The zero-order valence-electron chi connectivity index (χ0n) is 25.1. The molecule has 2 aromatic rings. The Hall–Kier alpha value is -3.61. The summed E-state index contributed by atoms with van der Waals surface area (Å²) in [6, 6.07) is 6.08. The molecule has 0 aromatic carbocycles. The molecule has 2 N–H and O–H groups in total. The molecule has 5 atom stereocenters. The van der Waals surface area contributed by atoms with Gasteiger partial charge in [-0.25, -0.2) is 31.3 Å². The first kappa shape index (κ1) is 32.3. The highest BCUT2D eigenvalue weighted by Crippen LogP contribution is 2.56. The first-order valence-corrected chi connectivity index (χ1v) is 15.4. The van der Waals surface area contributed by atoms with Crippen molar-refractivity contribution >= 4 is 28.1 Å². The number of pyridine rings is 2. The summed E-state index contributed by atoms with van der Waals surface area (Å²) in [5, 5.41) is 0. The van der Waals surface area contributed by atoms with E-state index < -0.39 is 74.9 Å². The molecule has 10 nitrogen and oxygen atoms in total. The summed E-state index contributed by atoms with van der Waals surface area (Å²) in [5.74, 6) is -7.12. The molecule has 2 fully saturated rings. The predicted molar refractivity (Wildman–Crippen MR) is 156 cm³/mol. The molecule has 2 bridgehead atoms. The smallest absolute Gasteiger partial charge is 0.424 e. The highest BCUT2D eigenvalue weighted by atomic mass is 32.2. The van der Waals surface area contributed by atoms with Gasteiger partial charge >= 0.3 is 6.09 Å². The van der Waals surface area contributed by atoms with Crippen molar-refractivity contribution in [3.63, 3.8) is 0 Å². The number of sulfonamides is 1. The molecule has 2 aliphatic rings. The van der Waals surface area contributed by atoms with Crippen molar-refractivity contribution < 1.29 is 36.3 Å². The second-order valence-corrected chi connectivity index (χ2v) is 14.6. The van der Waals surface area contributed by atoms with Gasteiger partial charge in [0.25, 0.3) is 5.92 Å². The normalized spacial score (nSPS) is 28.2. The molecular formula is C30H38F2N4O6S. The maximum absolute atomic E-state index is 15.9. The van der Waals surface area contributed by atoms with E-state index in [9.17, 15) is 18.0 Å². The first-order valence-electron chi connectivity index (χ1n) is 14.0. The van der Waals surface area contributed by atoms with Crippen LogP contribution in [0, 0.1) is 17.8 Å². The second kappa shape index (κ2) is 11.5. The number of alkyl halides is 2. The van der Waals surface area contributed by atoms with Crippen molar-refractivity contribution in [1.29, 1.82) is 0 Å². The Bertz CT molecular complexity index is 1510. The van der Waals surface area contributed by atoms with Crippen LogP contribution in [0.15, 0.2) is 42.7 Å². The number of allylic oxidation sites excluding steroid dienone is 1. The maximum atomic E-state index is 15.9. The van der Waals surface area contributed by atoms with Gasteiger partial charge in [-0.1, -0.05) is 19.1 Å². The summed E-state index contributed by atoms with van der Waals surface area (Å²) in [4.78, 5) is 34.1. The minimum absolute atomic E-state index is 0.277. The van der Waals surface area contributed by atoms with Gasteiger partial charge in [0, 0.05) is 42.3 Å². The molecule has 0 spiro atoms. The van der Waals surface area contributed by atoms with Crippen LogP contribution >= 0.6 is 0 Å². The minimum atomic E-state index is -4.79. The van der Waals surface area contributed by atoms with E-state index >= 15 is 8.78 Å². The van der Waals surface area contributed by atoms with E-state index in [-0.39, 0.29) is 6.42 Å². The lowest BCUT2D eigenvalue weighted by atomic mass is 9.75. The van der Waals surface area contributed by atoms with Gasteiger partial charge in [-0.3, -0.25) is 9.78 Å². The van der Waals surface area contributed by atoms with Crippen LogP contribution in [0.3, 0.4) is 0 Å². The molecule has 3 heterocycles. The zero-order valence-corrected chi connectivity index (χ0v) is 25.9. The quantitative estimate of drug-likeness (QED) is 0.473. The number of halogens is 2. The number of nitrogens with two attached hydrogens (primary N) is 1. The Morgan fingerprint density at radius 3 is 2.47 bits per heavy atom. The van der Waals surface area contributed by atoms with Gasteiger partial charge < -0.3 is 15.2 Å². The number of primary amides is 1. The lowest BCUT2D eigenvalue weighted by molar-refractivity contribution is -0.119. The number of ether oxygens (including phenoxy) is 2. The Labute approximate surface area is 250 Å². The van der Waals surface area contributed by atoms with Crippen molar-refractivity contribution in [2.24, 2.45) is 23.5 Å². The highest BCUT2D eigenvalue weighted by Gasteiger charge is 2.66.